The van der Waals surface area contributed by atoms with Gasteiger partial charge in [0.15, 0.2) is 0 Å². The molecule has 0 fully saturated rings. The maximum atomic E-state index is 12.7. The molecule has 0 saturated carbocycles. The number of rotatable bonds is 5. The normalized spacial score (nSPS) is 10.4. The molecule has 7 nitrogen and oxygen atoms in total. The lowest BCUT2D eigenvalue weighted by Crippen LogP contribution is -2.36. The van der Waals surface area contributed by atoms with E-state index in [0.29, 0.717) is 11.4 Å². The SMILES string of the molecule is Cc1cccc(NC(=O)CN(C)C(=O)c2ccc(=O)n(-c3ccccc3)n2)c1C. The second-order valence-corrected chi connectivity index (χ2v) is 6.76. The van der Waals surface area contributed by atoms with Crippen molar-refractivity contribution in [2.75, 3.05) is 18.9 Å². The molecule has 1 N–H and O–H groups in total. The van der Waals surface area contributed by atoms with E-state index in [1.165, 1.54) is 24.1 Å². The van der Waals surface area contributed by atoms with Gasteiger partial charge in [0.05, 0.1) is 12.2 Å². The monoisotopic (exact) mass is 390 g/mol. The van der Waals surface area contributed by atoms with Gasteiger partial charge in [-0.25, -0.2) is 0 Å². The van der Waals surface area contributed by atoms with Crippen molar-refractivity contribution in [2.45, 2.75) is 13.8 Å². The van der Waals surface area contributed by atoms with Gasteiger partial charge in [-0.15, -0.1) is 0 Å². The molecule has 0 radical (unpaired) electrons. The van der Waals surface area contributed by atoms with Crippen molar-refractivity contribution < 1.29 is 9.59 Å². The summed E-state index contributed by atoms with van der Waals surface area (Å²) in [6.45, 7) is 3.75. The number of nitrogens with zero attached hydrogens (tertiary/aromatic N) is 3. The van der Waals surface area contributed by atoms with Gasteiger partial charge in [-0.2, -0.15) is 9.78 Å². The van der Waals surface area contributed by atoms with Crippen molar-refractivity contribution in [2.24, 2.45) is 0 Å². The minimum Gasteiger partial charge on any atom is -0.331 e. The van der Waals surface area contributed by atoms with E-state index in [4.69, 9.17) is 0 Å². The summed E-state index contributed by atoms with van der Waals surface area (Å²) in [5.74, 6) is -0.767. The van der Waals surface area contributed by atoms with Gasteiger partial charge in [0, 0.05) is 18.8 Å². The van der Waals surface area contributed by atoms with Gasteiger partial charge in [0.25, 0.3) is 11.5 Å². The average molecular weight is 390 g/mol. The van der Waals surface area contributed by atoms with Crippen LogP contribution < -0.4 is 10.9 Å². The van der Waals surface area contributed by atoms with E-state index >= 15 is 0 Å². The standard InChI is InChI=1S/C22H22N4O3/c1-15-8-7-11-18(16(15)2)23-20(27)14-25(3)22(29)19-12-13-21(28)26(24-19)17-9-5-4-6-10-17/h4-13H,14H2,1-3H3,(H,23,27). The minimum atomic E-state index is -0.453. The van der Waals surface area contributed by atoms with Crippen molar-refractivity contribution in [1.29, 1.82) is 0 Å². The largest absolute Gasteiger partial charge is 0.331 e. The molecule has 29 heavy (non-hydrogen) atoms. The number of carbonyl (C=O) groups excluding carboxylic acids is 2. The van der Waals surface area contributed by atoms with Crippen LogP contribution >= 0.6 is 0 Å². The Hall–Kier alpha value is -3.74. The third-order valence-electron chi connectivity index (χ3n) is 4.63. The van der Waals surface area contributed by atoms with Crippen molar-refractivity contribution in [1.82, 2.24) is 14.7 Å². The number of amides is 2. The molecule has 2 aromatic carbocycles. The topological polar surface area (TPSA) is 84.3 Å². The summed E-state index contributed by atoms with van der Waals surface area (Å²) in [6, 6.07) is 17.1. The zero-order valence-electron chi connectivity index (χ0n) is 16.5. The van der Waals surface area contributed by atoms with E-state index in [9.17, 15) is 14.4 Å². The van der Waals surface area contributed by atoms with Crippen molar-refractivity contribution in [3.05, 3.63) is 87.8 Å². The van der Waals surface area contributed by atoms with Crippen molar-refractivity contribution in [3.8, 4) is 5.69 Å². The molecule has 0 aliphatic heterocycles. The molecule has 0 spiro atoms. The Kier molecular flexibility index (Phi) is 5.87. The molecule has 0 unspecified atom stereocenters. The summed E-state index contributed by atoms with van der Waals surface area (Å²) in [4.78, 5) is 38.5. The summed E-state index contributed by atoms with van der Waals surface area (Å²) in [5.41, 5.74) is 3.05. The Morgan fingerprint density at radius 3 is 2.45 bits per heavy atom. The smallest absolute Gasteiger partial charge is 0.274 e. The number of likely N-dealkylation sites (N-methyl/N-ethyl adjacent to an activating group) is 1. The fraction of sp³-hybridized carbons (Fsp3) is 0.182. The molecule has 0 aliphatic rings. The molecule has 148 valence electrons. The van der Waals surface area contributed by atoms with Crippen LogP contribution in [0.25, 0.3) is 5.69 Å². The highest BCUT2D eigenvalue weighted by Gasteiger charge is 2.18. The van der Waals surface area contributed by atoms with Gasteiger partial charge in [-0.05, 0) is 49.2 Å². The van der Waals surface area contributed by atoms with Crippen LogP contribution in [0.1, 0.15) is 21.6 Å². The Bertz CT molecular complexity index is 1110. The minimum absolute atomic E-state index is 0.0792. The Balaban J connectivity index is 1.74. The summed E-state index contributed by atoms with van der Waals surface area (Å²) >= 11 is 0. The van der Waals surface area contributed by atoms with Crippen LogP contribution in [-0.4, -0.2) is 40.1 Å². The van der Waals surface area contributed by atoms with Gasteiger partial charge in [-0.1, -0.05) is 30.3 Å². The summed E-state index contributed by atoms with van der Waals surface area (Å²) in [7, 11) is 1.52. The van der Waals surface area contributed by atoms with Gasteiger partial charge >= 0.3 is 0 Å². The van der Waals surface area contributed by atoms with E-state index in [1.807, 2.05) is 38.1 Å². The number of hydrogen-bond donors (Lipinski definition) is 1. The predicted octanol–water partition coefficient (Wildman–Crippen LogP) is 2.56. The highest BCUT2D eigenvalue weighted by atomic mass is 16.2. The quantitative estimate of drug-likeness (QED) is 0.726. The molecule has 0 aliphatic carbocycles. The van der Waals surface area contributed by atoms with Crippen LogP contribution in [0.3, 0.4) is 0 Å². The molecule has 1 aromatic heterocycles. The van der Waals surface area contributed by atoms with Crippen LogP contribution in [0.5, 0.6) is 0 Å². The average Bonchev–Trinajstić information content (AvgIpc) is 2.72. The first-order valence-electron chi connectivity index (χ1n) is 9.14. The molecule has 1 heterocycles. The molecule has 0 saturated heterocycles. The van der Waals surface area contributed by atoms with Crippen LogP contribution in [0.15, 0.2) is 65.5 Å². The Morgan fingerprint density at radius 1 is 1.00 bits per heavy atom. The van der Waals surface area contributed by atoms with Crippen molar-refractivity contribution in [3.63, 3.8) is 0 Å². The van der Waals surface area contributed by atoms with E-state index in [1.54, 1.807) is 24.3 Å². The summed E-state index contributed by atoms with van der Waals surface area (Å²) in [5, 5.41) is 6.99. The van der Waals surface area contributed by atoms with E-state index in [2.05, 4.69) is 10.4 Å². The molecule has 7 heteroatoms. The number of carbonyl (C=O) groups is 2. The maximum Gasteiger partial charge on any atom is 0.274 e. The summed E-state index contributed by atoms with van der Waals surface area (Å²) in [6.07, 6.45) is 0. The zero-order valence-corrected chi connectivity index (χ0v) is 16.5. The van der Waals surface area contributed by atoms with Crippen LogP contribution in [0.2, 0.25) is 0 Å². The molecule has 0 bridgehead atoms. The molecular formula is C22H22N4O3. The molecule has 3 aromatic rings. The van der Waals surface area contributed by atoms with Gasteiger partial charge in [0.2, 0.25) is 5.91 Å². The number of aromatic nitrogens is 2. The van der Waals surface area contributed by atoms with E-state index in [0.717, 1.165) is 15.8 Å². The van der Waals surface area contributed by atoms with Gasteiger partial charge < -0.3 is 10.2 Å². The lowest BCUT2D eigenvalue weighted by atomic mass is 10.1. The number of benzene rings is 2. The number of nitrogens with one attached hydrogen (secondary N) is 1. The molecule has 3 rings (SSSR count). The number of para-hydroxylation sites is 1. The highest BCUT2D eigenvalue weighted by molar-refractivity contribution is 5.98. The Labute approximate surface area is 168 Å². The predicted molar refractivity (Wildman–Crippen MR) is 111 cm³/mol. The molecular weight excluding hydrogens is 368 g/mol. The van der Waals surface area contributed by atoms with E-state index < -0.39 is 5.91 Å². The first-order valence-corrected chi connectivity index (χ1v) is 9.14. The third-order valence-corrected chi connectivity index (χ3v) is 4.63. The van der Waals surface area contributed by atoms with Crippen LogP contribution in [-0.2, 0) is 4.79 Å². The lowest BCUT2D eigenvalue weighted by Gasteiger charge is -2.17. The van der Waals surface area contributed by atoms with Gasteiger partial charge in [-0.3, -0.25) is 14.4 Å². The summed E-state index contributed by atoms with van der Waals surface area (Å²) < 4.78 is 1.16. The first kappa shape index (κ1) is 20.0. The van der Waals surface area contributed by atoms with Crippen LogP contribution in [0.4, 0.5) is 5.69 Å². The molecule has 0 atom stereocenters. The van der Waals surface area contributed by atoms with Crippen LogP contribution in [0, 0.1) is 13.8 Å². The lowest BCUT2D eigenvalue weighted by molar-refractivity contribution is -0.116. The second kappa shape index (κ2) is 8.52. The fourth-order valence-corrected chi connectivity index (χ4v) is 2.84. The number of anilines is 1. The molecule has 2 amide bonds. The van der Waals surface area contributed by atoms with Gasteiger partial charge in [0.1, 0.15) is 5.69 Å². The number of aryl methyl sites for hydroxylation is 1. The fourth-order valence-electron chi connectivity index (χ4n) is 2.84. The second-order valence-electron chi connectivity index (χ2n) is 6.76. The Morgan fingerprint density at radius 2 is 1.72 bits per heavy atom. The van der Waals surface area contributed by atoms with Crippen molar-refractivity contribution >= 4 is 17.5 Å². The maximum absolute atomic E-state index is 12.7. The first-order chi connectivity index (χ1) is 13.9. The third kappa shape index (κ3) is 4.57. The van der Waals surface area contributed by atoms with E-state index in [-0.39, 0.29) is 23.7 Å². The number of hydrogen-bond acceptors (Lipinski definition) is 4. The highest BCUT2D eigenvalue weighted by Crippen LogP contribution is 2.17. The zero-order chi connectivity index (χ0) is 21.0.